The summed E-state index contributed by atoms with van der Waals surface area (Å²) >= 11 is 0. The maximum Gasteiger partial charge on any atom is 0.415 e. The van der Waals surface area contributed by atoms with Crippen LogP contribution in [0.2, 0.25) is 0 Å². The SMILES string of the molecule is CCC(C)C1COC(=O)N1c1ccc([N+](=O)[O-])cn1. The molecule has 1 fully saturated rings. The first-order valence-electron chi connectivity index (χ1n) is 6.11. The summed E-state index contributed by atoms with van der Waals surface area (Å²) in [7, 11) is 0. The minimum atomic E-state index is -0.523. The normalized spacial score (nSPS) is 20.2. The van der Waals surface area contributed by atoms with Gasteiger partial charge >= 0.3 is 6.09 Å². The standard InChI is InChI=1S/C12H15N3O4/c1-3-8(2)10-7-19-12(16)14(10)11-5-4-9(6-13-11)15(17)18/h4-6,8,10H,3,7H2,1-2H3. The van der Waals surface area contributed by atoms with E-state index in [1.807, 2.05) is 13.8 Å². The molecule has 0 bridgehead atoms. The number of aromatic nitrogens is 1. The van der Waals surface area contributed by atoms with Crippen molar-refractivity contribution in [3.63, 3.8) is 0 Å². The van der Waals surface area contributed by atoms with Crippen LogP contribution in [0, 0.1) is 16.0 Å². The first-order chi connectivity index (χ1) is 9.04. The molecule has 1 aromatic heterocycles. The van der Waals surface area contributed by atoms with Gasteiger partial charge in [0.05, 0.1) is 11.0 Å². The molecule has 0 N–H and O–H groups in total. The lowest BCUT2D eigenvalue weighted by atomic mass is 9.99. The van der Waals surface area contributed by atoms with Gasteiger partial charge in [-0.2, -0.15) is 0 Å². The van der Waals surface area contributed by atoms with Gasteiger partial charge in [0.1, 0.15) is 18.6 Å². The lowest BCUT2D eigenvalue weighted by Gasteiger charge is -2.24. The average Bonchev–Trinajstić information content (AvgIpc) is 2.80. The van der Waals surface area contributed by atoms with E-state index in [1.165, 1.54) is 17.0 Å². The van der Waals surface area contributed by atoms with Crippen molar-refractivity contribution in [3.05, 3.63) is 28.4 Å². The van der Waals surface area contributed by atoms with Crippen LogP contribution in [0.5, 0.6) is 0 Å². The van der Waals surface area contributed by atoms with Crippen molar-refractivity contribution >= 4 is 17.6 Å². The van der Waals surface area contributed by atoms with Gasteiger partial charge in [-0.05, 0) is 12.0 Å². The Morgan fingerprint density at radius 1 is 1.63 bits per heavy atom. The molecule has 1 amide bonds. The number of hydrogen-bond acceptors (Lipinski definition) is 5. The molecule has 0 aliphatic carbocycles. The van der Waals surface area contributed by atoms with Gasteiger partial charge in [0, 0.05) is 6.07 Å². The fraction of sp³-hybridized carbons (Fsp3) is 0.500. The number of ether oxygens (including phenoxy) is 1. The molecule has 1 saturated heterocycles. The summed E-state index contributed by atoms with van der Waals surface area (Å²) in [4.78, 5) is 27.3. The van der Waals surface area contributed by atoms with Crippen LogP contribution in [0.15, 0.2) is 18.3 Å². The number of cyclic esters (lactones) is 1. The van der Waals surface area contributed by atoms with Gasteiger partial charge in [0.15, 0.2) is 0 Å². The third kappa shape index (κ3) is 2.49. The Balaban J connectivity index is 2.27. The number of carbonyl (C=O) groups excluding carboxylic acids is 1. The van der Waals surface area contributed by atoms with E-state index in [1.54, 1.807) is 0 Å². The Bertz CT molecular complexity index is 488. The van der Waals surface area contributed by atoms with Gasteiger partial charge in [-0.15, -0.1) is 0 Å². The predicted molar refractivity (Wildman–Crippen MR) is 68.0 cm³/mol. The summed E-state index contributed by atoms with van der Waals surface area (Å²) in [6.45, 7) is 4.40. The second-order valence-electron chi connectivity index (χ2n) is 4.53. The number of hydrogen-bond donors (Lipinski definition) is 0. The van der Waals surface area contributed by atoms with Crippen molar-refractivity contribution < 1.29 is 14.5 Å². The molecule has 2 atom stereocenters. The molecule has 0 spiro atoms. The number of rotatable bonds is 4. The largest absolute Gasteiger partial charge is 0.447 e. The highest BCUT2D eigenvalue weighted by Crippen LogP contribution is 2.27. The summed E-state index contributed by atoms with van der Waals surface area (Å²) in [5, 5.41) is 10.6. The molecule has 2 heterocycles. The van der Waals surface area contributed by atoms with Crippen LogP contribution in [0.25, 0.3) is 0 Å². The van der Waals surface area contributed by atoms with Crippen LogP contribution in [-0.2, 0) is 4.74 Å². The zero-order valence-electron chi connectivity index (χ0n) is 10.8. The smallest absolute Gasteiger partial charge is 0.415 e. The van der Waals surface area contributed by atoms with Gasteiger partial charge in [-0.25, -0.2) is 9.78 Å². The van der Waals surface area contributed by atoms with Crippen molar-refractivity contribution in [1.82, 2.24) is 4.98 Å². The predicted octanol–water partition coefficient (Wildman–Crippen LogP) is 2.36. The summed E-state index contributed by atoms with van der Waals surface area (Å²) in [5.41, 5.74) is -0.101. The molecule has 102 valence electrons. The van der Waals surface area contributed by atoms with E-state index in [-0.39, 0.29) is 17.6 Å². The summed E-state index contributed by atoms with van der Waals surface area (Å²) in [5.74, 6) is 0.654. The molecule has 2 unspecified atom stereocenters. The lowest BCUT2D eigenvalue weighted by molar-refractivity contribution is -0.385. The number of nitro groups is 1. The molecular weight excluding hydrogens is 250 g/mol. The van der Waals surface area contributed by atoms with E-state index in [0.717, 1.165) is 12.6 Å². The highest BCUT2D eigenvalue weighted by atomic mass is 16.6. The molecule has 1 aliphatic heterocycles. The fourth-order valence-corrected chi connectivity index (χ4v) is 2.02. The van der Waals surface area contributed by atoms with E-state index in [2.05, 4.69) is 4.98 Å². The van der Waals surface area contributed by atoms with Crippen molar-refractivity contribution in [2.45, 2.75) is 26.3 Å². The summed E-state index contributed by atoms with van der Waals surface area (Å²) in [6, 6.07) is 2.73. The van der Waals surface area contributed by atoms with Gasteiger partial charge in [-0.3, -0.25) is 15.0 Å². The monoisotopic (exact) mass is 265 g/mol. The maximum absolute atomic E-state index is 11.8. The Labute approximate surface area is 110 Å². The third-order valence-electron chi connectivity index (χ3n) is 3.40. The molecule has 1 aromatic rings. The Morgan fingerprint density at radius 3 is 2.89 bits per heavy atom. The average molecular weight is 265 g/mol. The minimum absolute atomic E-state index is 0.0774. The van der Waals surface area contributed by atoms with Crippen LogP contribution in [0.1, 0.15) is 20.3 Å². The van der Waals surface area contributed by atoms with Gasteiger partial charge in [0.2, 0.25) is 0 Å². The molecule has 7 heteroatoms. The molecule has 1 aliphatic rings. The highest BCUT2D eigenvalue weighted by molar-refractivity contribution is 5.89. The Kier molecular flexibility index (Phi) is 3.64. The number of anilines is 1. The van der Waals surface area contributed by atoms with Crippen LogP contribution >= 0.6 is 0 Å². The second kappa shape index (κ2) is 5.21. The fourth-order valence-electron chi connectivity index (χ4n) is 2.02. The maximum atomic E-state index is 11.8. The number of pyridine rings is 1. The summed E-state index contributed by atoms with van der Waals surface area (Å²) < 4.78 is 5.05. The Morgan fingerprint density at radius 2 is 2.37 bits per heavy atom. The molecule has 19 heavy (non-hydrogen) atoms. The van der Waals surface area contributed by atoms with Gasteiger partial charge in [-0.1, -0.05) is 20.3 Å². The van der Waals surface area contributed by atoms with Crippen LogP contribution < -0.4 is 4.90 Å². The van der Waals surface area contributed by atoms with Crippen LogP contribution in [0.4, 0.5) is 16.3 Å². The lowest BCUT2D eigenvalue weighted by Crippen LogP contribution is -2.38. The molecule has 2 rings (SSSR count). The number of amides is 1. The molecular formula is C12H15N3O4. The van der Waals surface area contributed by atoms with Crippen molar-refractivity contribution in [3.8, 4) is 0 Å². The highest BCUT2D eigenvalue weighted by Gasteiger charge is 2.37. The van der Waals surface area contributed by atoms with Crippen molar-refractivity contribution in [2.75, 3.05) is 11.5 Å². The van der Waals surface area contributed by atoms with Crippen molar-refractivity contribution in [2.24, 2.45) is 5.92 Å². The Hall–Kier alpha value is -2.18. The third-order valence-corrected chi connectivity index (χ3v) is 3.40. The first kappa shape index (κ1) is 13.3. The van der Waals surface area contributed by atoms with E-state index in [9.17, 15) is 14.9 Å². The molecule has 0 radical (unpaired) electrons. The first-order valence-corrected chi connectivity index (χ1v) is 6.11. The number of carbonyl (C=O) groups is 1. The molecule has 7 nitrogen and oxygen atoms in total. The molecule has 0 saturated carbocycles. The van der Waals surface area contributed by atoms with E-state index < -0.39 is 11.0 Å². The van der Waals surface area contributed by atoms with E-state index in [4.69, 9.17) is 4.74 Å². The van der Waals surface area contributed by atoms with Gasteiger partial charge < -0.3 is 4.74 Å². The zero-order chi connectivity index (χ0) is 14.0. The molecule has 0 aromatic carbocycles. The topological polar surface area (TPSA) is 85.6 Å². The van der Waals surface area contributed by atoms with Crippen LogP contribution in [0.3, 0.4) is 0 Å². The van der Waals surface area contributed by atoms with Gasteiger partial charge in [0.25, 0.3) is 5.69 Å². The number of nitrogens with zero attached hydrogens (tertiary/aromatic N) is 3. The van der Waals surface area contributed by atoms with E-state index >= 15 is 0 Å². The minimum Gasteiger partial charge on any atom is -0.447 e. The van der Waals surface area contributed by atoms with E-state index in [0.29, 0.717) is 12.4 Å². The zero-order valence-corrected chi connectivity index (χ0v) is 10.8. The second-order valence-corrected chi connectivity index (χ2v) is 4.53. The summed E-state index contributed by atoms with van der Waals surface area (Å²) in [6.07, 6.45) is 1.60. The van der Waals surface area contributed by atoms with Crippen LogP contribution in [-0.4, -0.2) is 28.6 Å². The quantitative estimate of drug-likeness (QED) is 0.616. The van der Waals surface area contributed by atoms with Crippen molar-refractivity contribution in [1.29, 1.82) is 0 Å².